The van der Waals surface area contributed by atoms with E-state index in [0.717, 1.165) is 29.8 Å². The lowest BCUT2D eigenvalue weighted by Crippen LogP contribution is -2.07. The van der Waals surface area contributed by atoms with E-state index in [0.29, 0.717) is 11.5 Å². The van der Waals surface area contributed by atoms with Crippen LogP contribution in [0.5, 0.6) is 0 Å². The molecule has 0 amide bonds. The summed E-state index contributed by atoms with van der Waals surface area (Å²) in [5.41, 5.74) is 2.01. The molecule has 1 N–H and O–H groups in total. The van der Waals surface area contributed by atoms with Crippen molar-refractivity contribution in [2.75, 3.05) is 0 Å². The van der Waals surface area contributed by atoms with Crippen LogP contribution in [-0.4, -0.2) is 20.6 Å². The molecule has 21 heavy (non-hydrogen) atoms. The molecule has 1 fully saturated rings. The molecule has 1 heterocycles. The van der Waals surface area contributed by atoms with E-state index < -0.39 is 5.97 Å². The summed E-state index contributed by atoms with van der Waals surface area (Å²) in [6.07, 6.45) is 7.08. The lowest BCUT2D eigenvalue weighted by Gasteiger charge is -2.10. The molecule has 1 aliphatic rings. The van der Waals surface area contributed by atoms with Crippen molar-refractivity contribution < 1.29 is 9.90 Å². The summed E-state index contributed by atoms with van der Waals surface area (Å²) in [5.74, 6) is 0.762. The Morgan fingerprint density at radius 3 is 2.81 bits per heavy atom. The van der Waals surface area contributed by atoms with E-state index in [1.807, 2.05) is 6.07 Å². The molecular weight excluding hydrogens is 264 g/mol. The number of unbranched alkanes of at least 4 members (excludes halogenated alkanes) is 3. The Balaban J connectivity index is 2.00. The van der Waals surface area contributed by atoms with Crippen LogP contribution in [0.2, 0.25) is 0 Å². The fourth-order valence-corrected chi connectivity index (χ4v) is 2.95. The van der Waals surface area contributed by atoms with Gasteiger partial charge in [-0.25, -0.2) is 9.78 Å². The summed E-state index contributed by atoms with van der Waals surface area (Å²) < 4.78 is 2.17. The van der Waals surface area contributed by atoms with Crippen LogP contribution >= 0.6 is 0 Å². The molecule has 1 saturated carbocycles. The highest BCUT2D eigenvalue weighted by Crippen LogP contribution is 2.41. The number of aromatic nitrogens is 2. The topological polar surface area (TPSA) is 55.1 Å². The van der Waals surface area contributed by atoms with Crippen LogP contribution in [0, 0.1) is 0 Å². The van der Waals surface area contributed by atoms with Gasteiger partial charge in [-0.05, 0) is 31.4 Å². The average Bonchev–Trinajstić information content (AvgIpc) is 3.25. The number of benzene rings is 1. The van der Waals surface area contributed by atoms with E-state index in [-0.39, 0.29) is 0 Å². The molecule has 4 nitrogen and oxygen atoms in total. The van der Waals surface area contributed by atoms with Crippen LogP contribution in [0.15, 0.2) is 18.2 Å². The predicted molar refractivity (Wildman–Crippen MR) is 82.8 cm³/mol. The molecule has 2 aromatic rings. The van der Waals surface area contributed by atoms with Gasteiger partial charge in [0.1, 0.15) is 5.82 Å². The van der Waals surface area contributed by atoms with Gasteiger partial charge in [0.15, 0.2) is 0 Å². The molecule has 0 spiro atoms. The van der Waals surface area contributed by atoms with Crippen LogP contribution in [0.25, 0.3) is 11.0 Å². The number of carboxylic acid groups (broad SMARTS) is 1. The summed E-state index contributed by atoms with van der Waals surface area (Å²) in [6.45, 7) is 3.08. The van der Waals surface area contributed by atoms with E-state index in [1.165, 1.54) is 32.1 Å². The van der Waals surface area contributed by atoms with E-state index in [9.17, 15) is 9.90 Å². The van der Waals surface area contributed by atoms with E-state index in [1.54, 1.807) is 12.1 Å². The number of fused-ring (bicyclic) bond motifs is 1. The molecule has 0 atom stereocenters. The second-order valence-electron chi connectivity index (χ2n) is 5.94. The van der Waals surface area contributed by atoms with Crippen molar-refractivity contribution in [3.63, 3.8) is 0 Å². The zero-order chi connectivity index (χ0) is 14.8. The Hall–Kier alpha value is -1.84. The zero-order valence-corrected chi connectivity index (χ0v) is 12.5. The van der Waals surface area contributed by atoms with Crippen molar-refractivity contribution in [1.82, 2.24) is 9.55 Å². The highest BCUT2D eigenvalue weighted by atomic mass is 16.4. The van der Waals surface area contributed by atoms with Gasteiger partial charge in [-0.1, -0.05) is 32.3 Å². The van der Waals surface area contributed by atoms with Crippen molar-refractivity contribution in [3.05, 3.63) is 29.6 Å². The largest absolute Gasteiger partial charge is 0.478 e. The van der Waals surface area contributed by atoms with Gasteiger partial charge in [-0.15, -0.1) is 0 Å². The zero-order valence-electron chi connectivity index (χ0n) is 12.5. The minimum absolute atomic E-state index is 0.377. The molecule has 0 unspecified atom stereocenters. The number of imidazole rings is 1. The molecule has 0 aliphatic heterocycles. The highest BCUT2D eigenvalue weighted by molar-refractivity contribution is 6.01. The molecule has 4 heteroatoms. The summed E-state index contributed by atoms with van der Waals surface area (Å²) in [7, 11) is 0. The van der Waals surface area contributed by atoms with Crippen LogP contribution in [0.1, 0.15) is 67.5 Å². The monoisotopic (exact) mass is 286 g/mol. The first kappa shape index (κ1) is 14.1. The minimum atomic E-state index is -0.863. The fraction of sp³-hybridized carbons (Fsp3) is 0.529. The molecular formula is C17H22N2O2. The first-order valence-electron chi connectivity index (χ1n) is 7.94. The molecule has 1 aliphatic carbocycles. The molecule has 0 saturated heterocycles. The first-order valence-corrected chi connectivity index (χ1v) is 7.94. The van der Waals surface area contributed by atoms with Gasteiger partial charge in [-0.2, -0.15) is 0 Å². The number of carbonyl (C=O) groups is 1. The average molecular weight is 286 g/mol. The summed E-state index contributed by atoms with van der Waals surface area (Å²) in [6, 6.07) is 5.40. The van der Waals surface area contributed by atoms with Crippen LogP contribution in [-0.2, 0) is 6.54 Å². The Bertz CT molecular complexity index is 656. The fourth-order valence-electron chi connectivity index (χ4n) is 2.95. The van der Waals surface area contributed by atoms with Crippen LogP contribution in [0.3, 0.4) is 0 Å². The summed E-state index contributed by atoms with van der Waals surface area (Å²) in [5, 5.41) is 9.44. The lowest BCUT2D eigenvalue weighted by molar-refractivity contribution is 0.0698. The maximum absolute atomic E-state index is 11.5. The first-order chi connectivity index (χ1) is 10.2. The third kappa shape index (κ3) is 2.80. The quantitative estimate of drug-likeness (QED) is 0.776. The van der Waals surface area contributed by atoms with Crippen molar-refractivity contribution >= 4 is 17.0 Å². The van der Waals surface area contributed by atoms with Crippen LogP contribution < -0.4 is 0 Å². The third-order valence-electron chi connectivity index (χ3n) is 4.20. The third-order valence-corrected chi connectivity index (χ3v) is 4.20. The number of hydrogen-bond acceptors (Lipinski definition) is 2. The summed E-state index contributed by atoms with van der Waals surface area (Å²) >= 11 is 0. The second kappa shape index (κ2) is 5.88. The van der Waals surface area contributed by atoms with Crippen molar-refractivity contribution in [1.29, 1.82) is 0 Å². The van der Waals surface area contributed by atoms with E-state index in [2.05, 4.69) is 11.5 Å². The van der Waals surface area contributed by atoms with Gasteiger partial charge in [0.05, 0.1) is 16.6 Å². The predicted octanol–water partition coefficient (Wildman–Crippen LogP) is 4.19. The minimum Gasteiger partial charge on any atom is -0.478 e. The second-order valence-corrected chi connectivity index (χ2v) is 5.94. The van der Waals surface area contributed by atoms with E-state index >= 15 is 0 Å². The Kier molecular flexibility index (Phi) is 3.95. The van der Waals surface area contributed by atoms with Crippen molar-refractivity contribution in [2.45, 2.75) is 57.9 Å². The number of hydrogen-bond donors (Lipinski definition) is 1. The molecule has 0 bridgehead atoms. The van der Waals surface area contributed by atoms with Gasteiger partial charge >= 0.3 is 5.97 Å². The Labute approximate surface area is 124 Å². The van der Waals surface area contributed by atoms with Gasteiger partial charge in [0.25, 0.3) is 0 Å². The maximum atomic E-state index is 11.5. The molecule has 0 radical (unpaired) electrons. The summed E-state index contributed by atoms with van der Waals surface area (Å²) in [4.78, 5) is 16.2. The number of rotatable bonds is 7. The number of carboxylic acids is 1. The van der Waals surface area contributed by atoms with Gasteiger partial charge in [0.2, 0.25) is 0 Å². The Morgan fingerprint density at radius 1 is 1.33 bits per heavy atom. The maximum Gasteiger partial charge on any atom is 0.337 e. The van der Waals surface area contributed by atoms with Crippen LogP contribution in [0.4, 0.5) is 0 Å². The number of para-hydroxylation sites is 1. The SMILES string of the molecule is CCCCCCn1c(C2CC2)nc2cccc(C(=O)O)c21. The van der Waals surface area contributed by atoms with Gasteiger partial charge < -0.3 is 9.67 Å². The lowest BCUT2D eigenvalue weighted by atomic mass is 10.1. The van der Waals surface area contributed by atoms with Gasteiger partial charge in [-0.3, -0.25) is 0 Å². The Morgan fingerprint density at radius 2 is 2.14 bits per heavy atom. The molecule has 1 aromatic heterocycles. The highest BCUT2D eigenvalue weighted by Gasteiger charge is 2.30. The van der Waals surface area contributed by atoms with Crippen molar-refractivity contribution in [2.24, 2.45) is 0 Å². The van der Waals surface area contributed by atoms with Gasteiger partial charge in [0, 0.05) is 12.5 Å². The molecule has 3 rings (SSSR count). The number of aryl methyl sites for hydroxylation is 1. The number of nitrogens with zero attached hydrogens (tertiary/aromatic N) is 2. The number of aromatic carboxylic acids is 1. The molecule has 1 aromatic carbocycles. The smallest absolute Gasteiger partial charge is 0.337 e. The standard InChI is InChI=1S/C17H22N2O2/c1-2-3-4-5-11-19-15-13(17(20)21)7-6-8-14(15)18-16(19)12-9-10-12/h6-8,12H,2-5,9-11H2,1H3,(H,20,21). The normalized spacial score (nSPS) is 14.7. The van der Waals surface area contributed by atoms with Crippen molar-refractivity contribution in [3.8, 4) is 0 Å². The van der Waals surface area contributed by atoms with E-state index in [4.69, 9.17) is 4.98 Å². The molecule has 112 valence electrons.